The smallest absolute Gasteiger partial charge is 0.274 e. The molecule has 6 nitrogen and oxygen atoms in total. The fourth-order valence-electron chi connectivity index (χ4n) is 4.75. The highest BCUT2D eigenvalue weighted by atomic mass is 35.5. The van der Waals surface area contributed by atoms with Crippen LogP contribution in [-0.2, 0) is 19.5 Å². The quantitative estimate of drug-likeness (QED) is 0.568. The van der Waals surface area contributed by atoms with Crippen LogP contribution in [0.2, 0.25) is 5.02 Å². The molecule has 1 aromatic heterocycles. The van der Waals surface area contributed by atoms with Crippen molar-refractivity contribution >= 4 is 23.4 Å². The number of likely N-dealkylation sites (tertiary alicyclic amines) is 1. The molecular weight excluding hydrogens is 436 g/mol. The summed E-state index contributed by atoms with van der Waals surface area (Å²) in [5, 5.41) is 5.15. The topological polar surface area (TPSA) is 58.4 Å². The SMILES string of the molecule is O=C(c1cc2n(n1)CCN(Cc1ccc(Cl)cc1)C2=O)N1CCC(Cc2ccccc2)CC1. The molecule has 33 heavy (non-hydrogen) atoms. The van der Waals surface area contributed by atoms with E-state index in [1.165, 1.54) is 5.56 Å². The zero-order chi connectivity index (χ0) is 22.8. The van der Waals surface area contributed by atoms with E-state index in [1.54, 1.807) is 15.6 Å². The number of nitrogens with zero attached hydrogens (tertiary/aromatic N) is 4. The lowest BCUT2D eigenvalue weighted by Crippen LogP contribution is -2.40. The number of carbonyl (C=O) groups excluding carboxylic acids is 2. The van der Waals surface area contributed by atoms with Crippen molar-refractivity contribution in [3.05, 3.63) is 88.2 Å². The first-order valence-electron chi connectivity index (χ1n) is 11.5. The van der Waals surface area contributed by atoms with Gasteiger partial charge in [-0.25, -0.2) is 0 Å². The molecule has 5 rings (SSSR count). The molecule has 0 spiro atoms. The Hall–Kier alpha value is -3.12. The van der Waals surface area contributed by atoms with Gasteiger partial charge >= 0.3 is 0 Å². The number of rotatable bonds is 5. The minimum absolute atomic E-state index is 0.0767. The summed E-state index contributed by atoms with van der Waals surface area (Å²) in [7, 11) is 0. The highest BCUT2D eigenvalue weighted by Gasteiger charge is 2.30. The van der Waals surface area contributed by atoms with E-state index in [0.29, 0.717) is 42.0 Å². The van der Waals surface area contributed by atoms with E-state index >= 15 is 0 Å². The Morgan fingerprint density at radius 2 is 1.67 bits per heavy atom. The van der Waals surface area contributed by atoms with Crippen molar-refractivity contribution in [2.45, 2.75) is 32.4 Å². The van der Waals surface area contributed by atoms with Crippen molar-refractivity contribution in [2.24, 2.45) is 5.92 Å². The lowest BCUT2D eigenvalue weighted by Gasteiger charge is -2.31. The van der Waals surface area contributed by atoms with Gasteiger partial charge in [0.25, 0.3) is 11.8 Å². The molecule has 2 amide bonds. The van der Waals surface area contributed by atoms with Crippen LogP contribution in [0.25, 0.3) is 0 Å². The van der Waals surface area contributed by atoms with E-state index < -0.39 is 0 Å². The third-order valence-corrected chi connectivity index (χ3v) is 6.89. The molecule has 2 aliphatic rings. The van der Waals surface area contributed by atoms with Gasteiger partial charge in [0.1, 0.15) is 5.69 Å². The van der Waals surface area contributed by atoms with Gasteiger partial charge in [0.15, 0.2) is 5.69 Å². The van der Waals surface area contributed by atoms with Gasteiger partial charge in [0, 0.05) is 37.3 Å². The summed E-state index contributed by atoms with van der Waals surface area (Å²) in [6, 6.07) is 19.7. The number of hydrogen-bond donors (Lipinski definition) is 0. The van der Waals surface area contributed by atoms with Crippen molar-refractivity contribution in [1.82, 2.24) is 19.6 Å². The van der Waals surface area contributed by atoms with E-state index in [-0.39, 0.29) is 11.8 Å². The highest BCUT2D eigenvalue weighted by molar-refractivity contribution is 6.30. The summed E-state index contributed by atoms with van der Waals surface area (Å²) in [6.45, 7) is 3.12. The van der Waals surface area contributed by atoms with Crippen LogP contribution in [0.5, 0.6) is 0 Å². The lowest BCUT2D eigenvalue weighted by molar-refractivity contribution is 0.0670. The van der Waals surface area contributed by atoms with E-state index in [1.807, 2.05) is 35.2 Å². The van der Waals surface area contributed by atoms with Gasteiger partial charge in [-0.15, -0.1) is 0 Å². The Morgan fingerprint density at radius 3 is 2.39 bits per heavy atom. The van der Waals surface area contributed by atoms with Crippen LogP contribution in [0.4, 0.5) is 0 Å². The predicted octanol–water partition coefficient (Wildman–Crippen LogP) is 4.29. The average molecular weight is 463 g/mol. The molecule has 0 bridgehead atoms. The van der Waals surface area contributed by atoms with E-state index in [4.69, 9.17) is 11.6 Å². The fraction of sp³-hybridized carbons (Fsp3) is 0.346. The van der Waals surface area contributed by atoms with Gasteiger partial charge in [-0.1, -0.05) is 54.1 Å². The number of amides is 2. The van der Waals surface area contributed by atoms with Crippen LogP contribution in [0, 0.1) is 5.92 Å². The molecule has 7 heteroatoms. The first kappa shape index (κ1) is 21.7. The first-order chi connectivity index (χ1) is 16.1. The summed E-state index contributed by atoms with van der Waals surface area (Å²) in [5.41, 5.74) is 3.23. The van der Waals surface area contributed by atoms with Gasteiger partial charge in [-0.2, -0.15) is 5.10 Å². The minimum Gasteiger partial charge on any atom is -0.337 e. The number of benzene rings is 2. The molecule has 0 atom stereocenters. The van der Waals surface area contributed by atoms with Gasteiger partial charge in [-0.3, -0.25) is 14.3 Å². The maximum absolute atomic E-state index is 13.1. The molecule has 1 saturated heterocycles. The molecule has 0 aliphatic carbocycles. The molecule has 0 N–H and O–H groups in total. The molecule has 0 radical (unpaired) electrons. The number of fused-ring (bicyclic) bond motifs is 1. The average Bonchev–Trinajstić information content (AvgIpc) is 3.28. The van der Waals surface area contributed by atoms with E-state index in [2.05, 4.69) is 29.4 Å². The first-order valence-corrected chi connectivity index (χ1v) is 11.9. The second-order valence-corrected chi connectivity index (χ2v) is 9.35. The van der Waals surface area contributed by atoms with Crippen molar-refractivity contribution in [1.29, 1.82) is 0 Å². The van der Waals surface area contributed by atoms with Crippen molar-refractivity contribution < 1.29 is 9.59 Å². The Morgan fingerprint density at radius 1 is 0.939 bits per heavy atom. The summed E-state index contributed by atoms with van der Waals surface area (Å²) in [5.74, 6) is 0.422. The lowest BCUT2D eigenvalue weighted by atomic mass is 9.90. The maximum atomic E-state index is 13.1. The summed E-state index contributed by atoms with van der Waals surface area (Å²) in [4.78, 5) is 29.8. The molecule has 3 heterocycles. The Kier molecular flexibility index (Phi) is 6.18. The number of piperidine rings is 1. The highest BCUT2D eigenvalue weighted by Crippen LogP contribution is 2.24. The second-order valence-electron chi connectivity index (χ2n) is 8.92. The van der Waals surface area contributed by atoms with Crippen molar-refractivity contribution in [2.75, 3.05) is 19.6 Å². The molecule has 2 aliphatic heterocycles. The molecule has 3 aromatic rings. The minimum atomic E-state index is -0.0932. The maximum Gasteiger partial charge on any atom is 0.274 e. The third kappa shape index (κ3) is 4.81. The van der Waals surface area contributed by atoms with Crippen LogP contribution >= 0.6 is 11.6 Å². The Labute approximate surface area is 198 Å². The van der Waals surface area contributed by atoms with Crippen LogP contribution in [0.15, 0.2) is 60.7 Å². The standard InChI is InChI=1S/C26H27ClN4O2/c27-22-8-6-21(7-9-22)18-30-14-15-31-24(26(30)33)17-23(28-31)25(32)29-12-10-20(11-13-29)16-19-4-2-1-3-5-19/h1-9,17,20H,10-16,18H2. The number of hydrogen-bond acceptors (Lipinski definition) is 3. The number of halogens is 1. The van der Waals surface area contributed by atoms with Crippen LogP contribution in [-0.4, -0.2) is 51.0 Å². The van der Waals surface area contributed by atoms with Gasteiger partial charge in [-0.05, 0) is 48.4 Å². The zero-order valence-corrected chi connectivity index (χ0v) is 19.2. The van der Waals surface area contributed by atoms with Gasteiger partial charge in [0.2, 0.25) is 0 Å². The second kappa shape index (κ2) is 9.40. The molecule has 1 fully saturated rings. The van der Waals surface area contributed by atoms with Crippen LogP contribution in [0.3, 0.4) is 0 Å². The Balaban J connectivity index is 1.21. The van der Waals surface area contributed by atoms with E-state index in [9.17, 15) is 9.59 Å². The van der Waals surface area contributed by atoms with Crippen LogP contribution < -0.4 is 0 Å². The van der Waals surface area contributed by atoms with Crippen molar-refractivity contribution in [3.63, 3.8) is 0 Å². The monoisotopic (exact) mass is 462 g/mol. The Bertz CT molecular complexity index is 1130. The van der Waals surface area contributed by atoms with E-state index in [0.717, 1.165) is 37.9 Å². The van der Waals surface area contributed by atoms with Crippen molar-refractivity contribution in [3.8, 4) is 0 Å². The molecule has 2 aromatic carbocycles. The largest absolute Gasteiger partial charge is 0.337 e. The van der Waals surface area contributed by atoms with Gasteiger partial charge in [0.05, 0.1) is 6.54 Å². The van der Waals surface area contributed by atoms with Crippen LogP contribution in [0.1, 0.15) is 44.9 Å². The molecule has 0 unspecified atom stereocenters. The zero-order valence-electron chi connectivity index (χ0n) is 18.5. The molecule has 0 saturated carbocycles. The summed E-state index contributed by atoms with van der Waals surface area (Å²) >= 11 is 5.96. The summed E-state index contributed by atoms with van der Waals surface area (Å²) in [6.07, 6.45) is 3.03. The fourth-order valence-corrected chi connectivity index (χ4v) is 4.88. The molecule has 170 valence electrons. The predicted molar refractivity (Wildman–Crippen MR) is 127 cm³/mol. The van der Waals surface area contributed by atoms with Gasteiger partial charge < -0.3 is 9.80 Å². The molecular formula is C26H27ClN4O2. The normalized spacial score (nSPS) is 16.7. The third-order valence-electron chi connectivity index (χ3n) is 6.64. The number of carbonyl (C=O) groups is 2. The summed E-state index contributed by atoms with van der Waals surface area (Å²) < 4.78 is 1.68. The number of aromatic nitrogens is 2.